The van der Waals surface area contributed by atoms with Gasteiger partial charge in [-0.2, -0.15) is 4.98 Å². The number of nitrogens with zero attached hydrogens (tertiary/aromatic N) is 5. The van der Waals surface area contributed by atoms with E-state index in [1.54, 1.807) is 18.0 Å². The van der Waals surface area contributed by atoms with Crippen molar-refractivity contribution in [1.29, 1.82) is 0 Å². The van der Waals surface area contributed by atoms with Gasteiger partial charge in [-0.25, -0.2) is 4.68 Å². The van der Waals surface area contributed by atoms with Crippen molar-refractivity contribution in [3.63, 3.8) is 0 Å². The molecule has 1 fully saturated rings. The van der Waals surface area contributed by atoms with E-state index in [2.05, 4.69) is 15.3 Å². The van der Waals surface area contributed by atoms with Crippen molar-refractivity contribution in [1.82, 2.24) is 24.9 Å². The van der Waals surface area contributed by atoms with Crippen LogP contribution in [-0.2, 0) is 16.1 Å². The molecule has 0 N–H and O–H groups in total. The van der Waals surface area contributed by atoms with Gasteiger partial charge in [-0.15, -0.1) is 16.4 Å². The van der Waals surface area contributed by atoms with E-state index < -0.39 is 0 Å². The molecule has 3 heterocycles. The van der Waals surface area contributed by atoms with Gasteiger partial charge in [-0.05, 0) is 27.7 Å². The fourth-order valence-electron chi connectivity index (χ4n) is 3.04. The van der Waals surface area contributed by atoms with Crippen molar-refractivity contribution in [3.05, 3.63) is 11.1 Å². The molecule has 1 aliphatic rings. The molecule has 3 rings (SSSR count). The first-order chi connectivity index (χ1) is 11.8. The number of morpholine rings is 1. The Hall–Kier alpha value is -2.00. The Morgan fingerprint density at radius 2 is 2.28 bits per heavy atom. The lowest BCUT2D eigenvalue weighted by atomic mass is 10.1. The van der Waals surface area contributed by atoms with Crippen LogP contribution in [0, 0.1) is 6.92 Å². The van der Waals surface area contributed by atoms with Gasteiger partial charge < -0.3 is 14.4 Å². The summed E-state index contributed by atoms with van der Waals surface area (Å²) in [5, 5.41) is 8.92. The Labute approximate surface area is 150 Å². The van der Waals surface area contributed by atoms with E-state index in [9.17, 15) is 4.79 Å². The number of amides is 1. The summed E-state index contributed by atoms with van der Waals surface area (Å²) < 4.78 is 12.6. The van der Waals surface area contributed by atoms with Crippen molar-refractivity contribution in [2.45, 2.75) is 45.9 Å². The molecule has 0 aromatic carbocycles. The SMILES string of the molecule is COc1nc(-c2cn(CC(=O)N3CC(C)OC(C)(C)C3)nn2)sc1C. The quantitative estimate of drug-likeness (QED) is 0.821. The molecule has 25 heavy (non-hydrogen) atoms. The molecule has 1 amide bonds. The van der Waals surface area contributed by atoms with Crippen molar-refractivity contribution in [2.75, 3.05) is 20.2 Å². The Morgan fingerprint density at radius 1 is 1.52 bits per heavy atom. The molecule has 0 radical (unpaired) electrons. The average molecular weight is 365 g/mol. The maximum atomic E-state index is 12.6. The fourth-order valence-corrected chi connectivity index (χ4v) is 3.87. The lowest BCUT2D eigenvalue weighted by Crippen LogP contribution is -2.54. The van der Waals surface area contributed by atoms with Gasteiger partial charge in [0.25, 0.3) is 0 Å². The van der Waals surface area contributed by atoms with E-state index in [1.165, 1.54) is 11.3 Å². The summed E-state index contributed by atoms with van der Waals surface area (Å²) in [6, 6.07) is 0. The number of hydrogen-bond acceptors (Lipinski definition) is 7. The highest BCUT2D eigenvalue weighted by atomic mass is 32.1. The summed E-state index contributed by atoms with van der Waals surface area (Å²) in [5.41, 5.74) is 0.301. The molecule has 1 aliphatic heterocycles. The number of methoxy groups -OCH3 is 1. The third kappa shape index (κ3) is 3.98. The topological polar surface area (TPSA) is 82.4 Å². The number of aryl methyl sites for hydroxylation is 1. The Morgan fingerprint density at radius 3 is 2.92 bits per heavy atom. The number of carbonyl (C=O) groups is 1. The van der Waals surface area contributed by atoms with Crippen molar-refractivity contribution >= 4 is 17.2 Å². The molecule has 136 valence electrons. The van der Waals surface area contributed by atoms with Crippen LogP contribution in [0.4, 0.5) is 0 Å². The summed E-state index contributed by atoms with van der Waals surface area (Å²) >= 11 is 1.49. The highest BCUT2D eigenvalue weighted by Crippen LogP contribution is 2.30. The second kappa shape index (κ2) is 6.72. The van der Waals surface area contributed by atoms with Crippen LogP contribution in [-0.4, -0.2) is 62.7 Å². The van der Waals surface area contributed by atoms with Gasteiger partial charge in [-0.3, -0.25) is 4.79 Å². The van der Waals surface area contributed by atoms with Crippen LogP contribution in [0.1, 0.15) is 25.6 Å². The van der Waals surface area contributed by atoms with Crippen LogP contribution in [0.25, 0.3) is 10.7 Å². The molecule has 2 aromatic heterocycles. The fraction of sp³-hybridized carbons (Fsp3) is 0.625. The smallest absolute Gasteiger partial charge is 0.244 e. The molecule has 8 nitrogen and oxygen atoms in total. The van der Waals surface area contributed by atoms with E-state index in [-0.39, 0.29) is 24.2 Å². The van der Waals surface area contributed by atoms with Crippen LogP contribution in [0.3, 0.4) is 0 Å². The zero-order valence-electron chi connectivity index (χ0n) is 15.1. The van der Waals surface area contributed by atoms with Crippen LogP contribution in [0.15, 0.2) is 6.20 Å². The molecule has 0 bridgehead atoms. The summed E-state index contributed by atoms with van der Waals surface area (Å²) in [5.74, 6) is 0.600. The predicted molar refractivity (Wildman–Crippen MR) is 93.6 cm³/mol. The van der Waals surface area contributed by atoms with E-state index in [1.807, 2.05) is 32.6 Å². The minimum atomic E-state index is -0.337. The second-order valence-corrected chi connectivity index (χ2v) is 8.05. The summed E-state index contributed by atoms with van der Waals surface area (Å²) in [6.07, 6.45) is 1.76. The second-order valence-electron chi connectivity index (χ2n) is 6.85. The number of thiazole rings is 1. The van der Waals surface area contributed by atoms with Crippen molar-refractivity contribution < 1.29 is 14.3 Å². The monoisotopic (exact) mass is 365 g/mol. The number of aromatic nitrogens is 4. The average Bonchev–Trinajstić information content (AvgIpc) is 3.11. The van der Waals surface area contributed by atoms with Gasteiger partial charge in [0.1, 0.15) is 17.2 Å². The number of hydrogen-bond donors (Lipinski definition) is 0. The summed E-state index contributed by atoms with van der Waals surface area (Å²) in [4.78, 5) is 19.8. The zero-order chi connectivity index (χ0) is 18.2. The predicted octanol–water partition coefficient (Wildman–Crippen LogP) is 1.74. The lowest BCUT2D eigenvalue weighted by molar-refractivity contribution is -0.158. The van der Waals surface area contributed by atoms with Gasteiger partial charge in [0.05, 0.1) is 29.9 Å². The molecule has 2 aromatic rings. The molecular formula is C16H23N5O3S. The van der Waals surface area contributed by atoms with Gasteiger partial charge >= 0.3 is 0 Å². The highest BCUT2D eigenvalue weighted by molar-refractivity contribution is 7.15. The number of rotatable bonds is 4. The van der Waals surface area contributed by atoms with E-state index in [4.69, 9.17) is 9.47 Å². The molecule has 0 spiro atoms. The molecule has 0 saturated carbocycles. The lowest BCUT2D eigenvalue weighted by Gasteiger charge is -2.41. The van der Waals surface area contributed by atoms with Crippen molar-refractivity contribution in [3.8, 4) is 16.6 Å². The van der Waals surface area contributed by atoms with Crippen LogP contribution < -0.4 is 4.74 Å². The minimum absolute atomic E-state index is 0.00701. The molecule has 9 heteroatoms. The number of ether oxygens (including phenoxy) is 2. The number of carbonyl (C=O) groups excluding carboxylic acids is 1. The maximum absolute atomic E-state index is 12.6. The van der Waals surface area contributed by atoms with Gasteiger partial charge in [0, 0.05) is 13.1 Å². The molecular weight excluding hydrogens is 342 g/mol. The summed E-state index contributed by atoms with van der Waals surface area (Å²) in [7, 11) is 1.59. The standard InChI is InChI=1S/C16H23N5O3S/c1-10-6-20(9-16(3,4)24-10)13(22)8-21-7-12(18-19-21)15-17-14(23-5)11(2)25-15/h7,10H,6,8-9H2,1-5H3. The molecule has 1 unspecified atom stereocenters. The molecule has 0 aliphatic carbocycles. The first kappa shape index (κ1) is 17.8. The minimum Gasteiger partial charge on any atom is -0.480 e. The van der Waals surface area contributed by atoms with Crippen LogP contribution >= 0.6 is 11.3 Å². The largest absolute Gasteiger partial charge is 0.480 e. The first-order valence-corrected chi connectivity index (χ1v) is 8.96. The summed E-state index contributed by atoms with van der Waals surface area (Å²) in [6.45, 7) is 9.22. The Balaban J connectivity index is 1.69. The third-order valence-electron chi connectivity index (χ3n) is 3.92. The zero-order valence-corrected chi connectivity index (χ0v) is 16.0. The Bertz CT molecular complexity index is 770. The van der Waals surface area contributed by atoms with Crippen LogP contribution in [0.5, 0.6) is 5.88 Å². The molecule has 1 saturated heterocycles. The van der Waals surface area contributed by atoms with Gasteiger partial charge in [0.15, 0.2) is 0 Å². The third-order valence-corrected chi connectivity index (χ3v) is 4.90. The van der Waals surface area contributed by atoms with Gasteiger partial charge in [-0.1, -0.05) is 5.21 Å². The van der Waals surface area contributed by atoms with Crippen molar-refractivity contribution in [2.24, 2.45) is 0 Å². The normalized spacial score (nSPS) is 19.9. The molecule has 1 atom stereocenters. The van der Waals surface area contributed by atoms with Crippen LogP contribution in [0.2, 0.25) is 0 Å². The van der Waals surface area contributed by atoms with E-state index >= 15 is 0 Å². The highest BCUT2D eigenvalue weighted by Gasteiger charge is 2.33. The maximum Gasteiger partial charge on any atom is 0.244 e. The van der Waals surface area contributed by atoms with E-state index in [0.717, 1.165) is 9.88 Å². The van der Waals surface area contributed by atoms with Gasteiger partial charge in [0.2, 0.25) is 11.8 Å². The van der Waals surface area contributed by atoms with E-state index in [0.29, 0.717) is 24.7 Å². The first-order valence-electron chi connectivity index (χ1n) is 8.15. The Kier molecular flexibility index (Phi) is 4.79.